The van der Waals surface area contributed by atoms with Crippen LogP contribution in [0.1, 0.15) is 18.2 Å². The Kier molecular flexibility index (Phi) is 3.80. The van der Waals surface area contributed by atoms with Crippen LogP contribution in [-0.2, 0) is 0 Å². The van der Waals surface area contributed by atoms with Crippen molar-refractivity contribution >= 4 is 21.6 Å². The van der Waals surface area contributed by atoms with Crippen molar-refractivity contribution in [2.45, 2.75) is 19.4 Å². The van der Waals surface area contributed by atoms with Gasteiger partial charge in [0.05, 0.1) is 27.5 Å². The maximum Gasteiger partial charge on any atom is 0.119 e. The van der Waals surface area contributed by atoms with Gasteiger partial charge in [0, 0.05) is 24.0 Å². The molecule has 5 rings (SSSR count). The van der Waals surface area contributed by atoms with Gasteiger partial charge in [0.2, 0.25) is 0 Å². The van der Waals surface area contributed by atoms with Crippen LogP contribution in [0.5, 0.6) is 0 Å². The van der Waals surface area contributed by atoms with E-state index >= 15 is 0 Å². The van der Waals surface area contributed by atoms with Gasteiger partial charge >= 0.3 is 0 Å². The van der Waals surface area contributed by atoms with Crippen LogP contribution < -0.4 is 5.32 Å². The number of aryl methyl sites for hydroxylation is 1. The van der Waals surface area contributed by atoms with E-state index in [1.54, 1.807) is 11.3 Å². The van der Waals surface area contributed by atoms with Crippen LogP contribution >= 0.6 is 11.3 Å². The number of thiazole rings is 1. The molecule has 1 fully saturated rings. The maximum absolute atomic E-state index is 4.95. The smallest absolute Gasteiger partial charge is 0.119 e. The van der Waals surface area contributed by atoms with Crippen LogP contribution in [0.2, 0.25) is 0 Å². The second kappa shape index (κ2) is 6.30. The highest BCUT2D eigenvalue weighted by Gasteiger charge is 2.21. The fraction of sp³-hybridized carbons (Fsp3) is 0.250. The van der Waals surface area contributed by atoms with Crippen molar-refractivity contribution in [1.29, 1.82) is 0 Å². The van der Waals surface area contributed by atoms with Crippen LogP contribution in [0.4, 0.5) is 0 Å². The van der Waals surface area contributed by atoms with Gasteiger partial charge in [-0.3, -0.25) is 9.67 Å². The van der Waals surface area contributed by atoms with Gasteiger partial charge < -0.3 is 5.32 Å². The van der Waals surface area contributed by atoms with E-state index in [4.69, 9.17) is 10.1 Å². The standard InChI is InChI=1S/C20H19N5S/c1-13-3-2-4-18(23-13)20-16(11-25(24-20)15-7-8-21-10-15)14-5-6-17-19(9-14)26-12-22-17/h2-6,9,11-12,15,21H,7-8,10H2,1H3/t15-/m0/s1. The number of nitrogens with one attached hydrogen (secondary N) is 1. The SMILES string of the molecule is Cc1cccc(-c2nn([C@H]3CCNC3)cc2-c2ccc3ncsc3c2)n1. The third kappa shape index (κ3) is 2.71. The molecule has 6 heteroatoms. The minimum absolute atomic E-state index is 0.402. The first kappa shape index (κ1) is 15.7. The predicted molar refractivity (Wildman–Crippen MR) is 105 cm³/mol. The summed E-state index contributed by atoms with van der Waals surface area (Å²) in [5.74, 6) is 0. The van der Waals surface area contributed by atoms with Gasteiger partial charge in [-0.2, -0.15) is 5.10 Å². The van der Waals surface area contributed by atoms with E-state index in [1.165, 1.54) is 4.70 Å². The zero-order valence-corrected chi connectivity index (χ0v) is 15.3. The fourth-order valence-corrected chi connectivity index (χ4v) is 4.26. The fourth-order valence-electron chi connectivity index (χ4n) is 3.54. The van der Waals surface area contributed by atoms with Gasteiger partial charge in [0.25, 0.3) is 0 Å². The van der Waals surface area contributed by atoms with Gasteiger partial charge in [-0.05, 0) is 49.7 Å². The van der Waals surface area contributed by atoms with Crippen molar-refractivity contribution in [3.8, 4) is 22.5 Å². The van der Waals surface area contributed by atoms with Crippen LogP contribution in [0, 0.1) is 6.92 Å². The highest BCUT2D eigenvalue weighted by Crippen LogP contribution is 2.34. The Balaban J connectivity index is 1.68. The van der Waals surface area contributed by atoms with Gasteiger partial charge in [-0.1, -0.05) is 12.1 Å². The zero-order valence-electron chi connectivity index (χ0n) is 14.5. The maximum atomic E-state index is 4.95. The summed E-state index contributed by atoms with van der Waals surface area (Å²) in [7, 11) is 0. The summed E-state index contributed by atoms with van der Waals surface area (Å²) in [5.41, 5.74) is 8.11. The first-order valence-corrected chi connectivity index (χ1v) is 9.73. The highest BCUT2D eigenvalue weighted by atomic mass is 32.1. The molecule has 1 aliphatic heterocycles. The van der Waals surface area contributed by atoms with Crippen molar-refractivity contribution in [2.75, 3.05) is 13.1 Å². The molecule has 0 radical (unpaired) electrons. The molecule has 0 aliphatic carbocycles. The lowest BCUT2D eigenvalue weighted by Crippen LogP contribution is -2.13. The molecule has 5 nitrogen and oxygen atoms in total. The Labute approximate surface area is 155 Å². The van der Waals surface area contributed by atoms with E-state index in [0.29, 0.717) is 6.04 Å². The van der Waals surface area contributed by atoms with Gasteiger partial charge in [0.1, 0.15) is 5.69 Å². The average Bonchev–Trinajstić information content (AvgIpc) is 3.39. The summed E-state index contributed by atoms with van der Waals surface area (Å²) in [5, 5.41) is 8.38. The topological polar surface area (TPSA) is 55.6 Å². The molecule has 0 unspecified atom stereocenters. The average molecular weight is 361 g/mol. The van der Waals surface area contributed by atoms with Crippen LogP contribution in [-0.4, -0.2) is 32.8 Å². The Morgan fingerprint density at radius 1 is 1.23 bits per heavy atom. The molecular weight excluding hydrogens is 342 g/mol. The van der Waals surface area contributed by atoms with Crippen molar-refractivity contribution in [2.24, 2.45) is 0 Å². The number of aromatic nitrogens is 4. The summed E-state index contributed by atoms with van der Waals surface area (Å²) in [4.78, 5) is 9.11. The number of rotatable bonds is 3. The summed E-state index contributed by atoms with van der Waals surface area (Å²) < 4.78 is 3.31. The summed E-state index contributed by atoms with van der Waals surface area (Å²) in [6.07, 6.45) is 3.29. The van der Waals surface area contributed by atoms with Crippen molar-refractivity contribution < 1.29 is 0 Å². The second-order valence-electron chi connectivity index (χ2n) is 6.72. The Morgan fingerprint density at radius 2 is 2.19 bits per heavy atom. The van der Waals surface area contributed by atoms with E-state index in [9.17, 15) is 0 Å². The lowest BCUT2D eigenvalue weighted by Gasteiger charge is -2.07. The summed E-state index contributed by atoms with van der Waals surface area (Å²) in [6, 6.07) is 12.9. The molecule has 3 aromatic heterocycles. The molecule has 1 saturated heterocycles. The lowest BCUT2D eigenvalue weighted by molar-refractivity contribution is 0.492. The molecule has 4 aromatic rings. The number of hydrogen-bond acceptors (Lipinski definition) is 5. The minimum atomic E-state index is 0.402. The molecule has 0 bridgehead atoms. The molecule has 0 spiro atoms. The highest BCUT2D eigenvalue weighted by molar-refractivity contribution is 7.16. The molecule has 0 amide bonds. The summed E-state index contributed by atoms with van der Waals surface area (Å²) >= 11 is 1.67. The Hall–Kier alpha value is -2.57. The molecule has 1 N–H and O–H groups in total. The molecule has 1 aliphatic rings. The third-order valence-corrected chi connectivity index (χ3v) is 5.71. The van der Waals surface area contributed by atoms with Crippen molar-refractivity contribution in [3.05, 3.63) is 53.8 Å². The van der Waals surface area contributed by atoms with E-state index in [-0.39, 0.29) is 0 Å². The van der Waals surface area contributed by atoms with Gasteiger partial charge in [0.15, 0.2) is 0 Å². The van der Waals surface area contributed by atoms with Gasteiger partial charge in [-0.25, -0.2) is 4.98 Å². The van der Waals surface area contributed by atoms with Crippen molar-refractivity contribution in [3.63, 3.8) is 0 Å². The van der Waals surface area contributed by atoms with Gasteiger partial charge in [-0.15, -0.1) is 11.3 Å². The number of nitrogens with zero attached hydrogens (tertiary/aromatic N) is 4. The first-order chi connectivity index (χ1) is 12.8. The van der Waals surface area contributed by atoms with Crippen LogP contribution in [0.25, 0.3) is 32.7 Å². The molecule has 130 valence electrons. The molecule has 4 heterocycles. The molecule has 1 atom stereocenters. The largest absolute Gasteiger partial charge is 0.315 e. The number of hydrogen-bond donors (Lipinski definition) is 1. The molecule has 26 heavy (non-hydrogen) atoms. The first-order valence-electron chi connectivity index (χ1n) is 8.85. The predicted octanol–water partition coefficient (Wildman–Crippen LogP) is 4.06. The molecule has 1 aromatic carbocycles. The third-order valence-electron chi connectivity index (χ3n) is 4.91. The number of benzene rings is 1. The molecular formula is C20H19N5S. The Bertz CT molecular complexity index is 1070. The Morgan fingerprint density at radius 3 is 3.04 bits per heavy atom. The van der Waals surface area contributed by atoms with Crippen LogP contribution in [0.15, 0.2) is 48.1 Å². The number of pyridine rings is 1. The zero-order chi connectivity index (χ0) is 17.5. The summed E-state index contributed by atoms with van der Waals surface area (Å²) in [6.45, 7) is 4.03. The van der Waals surface area contributed by atoms with E-state index in [0.717, 1.165) is 53.2 Å². The lowest BCUT2D eigenvalue weighted by atomic mass is 10.0. The molecule has 0 saturated carbocycles. The normalized spacial score (nSPS) is 17.2. The van der Waals surface area contributed by atoms with Crippen molar-refractivity contribution in [1.82, 2.24) is 25.1 Å². The quantitative estimate of drug-likeness (QED) is 0.598. The van der Waals surface area contributed by atoms with E-state index in [2.05, 4.69) is 39.4 Å². The van der Waals surface area contributed by atoms with Crippen LogP contribution in [0.3, 0.4) is 0 Å². The van der Waals surface area contributed by atoms with E-state index < -0.39 is 0 Å². The second-order valence-corrected chi connectivity index (χ2v) is 7.60. The monoisotopic (exact) mass is 361 g/mol. The minimum Gasteiger partial charge on any atom is -0.315 e. The van der Waals surface area contributed by atoms with E-state index in [1.807, 2.05) is 30.6 Å². The number of fused-ring (bicyclic) bond motifs is 1.